The van der Waals surface area contributed by atoms with Crippen LogP contribution in [0.1, 0.15) is 127 Å². The molecule has 324 valence electrons. The maximum Gasteiger partial charge on any atom is 0.367 e. The van der Waals surface area contributed by atoms with Crippen molar-refractivity contribution >= 4 is 38.9 Å². The van der Waals surface area contributed by atoms with Gasteiger partial charge in [-0.3, -0.25) is 9.59 Å². The molecule has 2 unspecified atom stereocenters. The minimum absolute atomic E-state index is 0.0891. The first-order chi connectivity index (χ1) is 28.6. The van der Waals surface area contributed by atoms with Gasteiger partial charge >= 0.3 is 23.2 Å². The second-order valence-electron chi connectivity index (χ2n) is 17.9. The number of halogens is 2. The van der Waals surface area contributed by atoms with Crippen molar-refractivity contribution in [3.8, 4) is 0 Å². The van der Waals surface area contributed by atoms with Crippen LogP contribution < -0.4 is 0 Å². The van der Waals surface area contributed by atoms with Crippen LogP contribution >= 0.6 is 0 Å². The number of esters is 3. The van der Waals surface area contributed by atoms with Crippen molar-refractivity contribution in [3.05, 3.63) is 90.5 Å². The van der Waals surface area contributed by atoms with E-state index in [1.165, 1.54) is 14.7 Å². The van der Waals surface area contributed by atoms with Gasteiger partial charge in [-0.15, -0.1) is 0 Å². The highest BCUT2D eigenvalue weighted by atomic mass is 32.2. The van der Waals surface area contributed by atoms with E-state index in [0.717, 1.165) is 70.6 Å². The number of benzene rings is 3. The van der Waals surface area contributed by atoms with Crippen molar-refractivity contribution in [2.75, 3.05) is 6.61 Å². The van der Waals surface area contributed by atoms with Gasteiger partial charge in [0, 0.05) is 0 Å². The first-order valence-corrected chi connectivity index (χ1v) is 24.1. The molecule has 9 rings (SSSR count). The number of carbonyl (C=O) groups excluding carboxylic acids is 3. The Morgan fingerprint density at radius 2 is 1.12 bits per heavy atom. The Morgan fingerprint density at radius 1 is 0.683 bits per heavy atom. The lowest BCUT2D eigenvalue weighted by Crippen LogP contribution is -2.59. The van der Waals surface area contributed by atoms with E-state index in [1.807, 2.05) is 31.2 Å². The first kappa shape index (κ1) is 44.3. The fourth-order valence-electron chi connectivity index (χ4n) is 11.0. The Bertz CT molecular complexity index is 2050. The van der Waals surface area contributed by atoms with E-state index in [2.05, 4.69) is 67.6 Å². The van der Waals surface area contributed by atoms with Gasteiger partial charge in [0.05, 0.1) is 27.3 Å². The van der Waals surface area contributed by atoms with Gasteiger partial charge in [0.1, 0.15) is 11.2 Å². The molecule has 6 saturated carbocycles. The summed E-state index contributed by atoms with van der Waals surface area (Å²) in [5.74, 6) is -1.25. The van der Waals surface area contributed by atoms with Gasteiger partial charge in [0.15, 0.2) is 31.4 Å². The summed E-state index contributed by atoms with van der Waals surface area (Å²) in [6, 6.07) is 29.1. The largest absolute Gasteiger partial charge is 0.743 e. The third-order valence-corrected chi connectivity index (χ3v) is 17.0. The second kappa shape index (κ2) is 17.5. The average molecular weight is 867 g/mol. The fraction of sp³-hybridized carbons (Fsp3) is 0.553. The predicted molar refractivity (Wildman–Crippen MR) is 221 cm³/mol. The zero-order valence-corrected chi connectivity index (χ0v) is 36.1. The zero-order valence-electron chi connectivity index (χ0n) is 34.5. The summed E-state index contributed by atoms with van der Waals surface area (Å²) in [4.78, 5) is 42.8. The number of ether oxygens (including phenoxy) is 3. The van der Waals surface area contributed by atoms with E-state index in [-0.39, 0.29) is 46.7 Å². The van der Waals surface area contributed by atoms with Crippen molar-refractivity contribution in [1.29, 1.82) is 0 Å². The number of hydrogen-bond donors (Lipinski definition) is 0. The van der Waals surface area contributed by atoms with Crippen LogP contribution in [0.2, 0.25) is 0 Å². The molecule has 0 N–H and O–H groups in total. The molecule has 6 aliphatic rings. The molecule has 3 aromatic carbocycles. The van der Waals surface area contributed by atoms with Crippen LogP contribution in [-0.2, 0) is 44.8 Å². The first-order valence-electron chi connectivity index (χ1n) is 21.5. The molecular formula is C47H56F2O9S2. The minimum atomic E-state index is -5.94. The minimum Gasteiger partial charge on any atom is -0.743 e. The normalized spacial score (nSPS) is 26.2. The number of hydrogen-bond acceptors (Lipinski definition) is 9. The second-order valence-corrected chi connectivity index (χ2v) is 21.4. The highest BCUT2D eigenvalue weighted by Crippen LogP contribution is 2.66. The lowest BCUT2D eigenvalue weighted by Gasteiger charge is -2.59. The number of carbonyl (C=O) groups is 3. The van der Waals surface area contributed by atoms with E-state index in [9.17, 15) is 36.1 Å². The molecule has 4 bridgehead atoms. The molecule has 0 heterocycles. The van der Waals surface area contributed by atoms with Crippen molar-refractivity contribution < 1.29 is 50.3 Å². The molecular weight excluding hydrogens is 811 g/mol. The molecule has 0 aromatic heterocycles. The fourth-order valence-corrected chi connectivity index (χ4v) is 13.3. The standard InChI is InChI=1S/C26H27O2S.C21H30F2O7S/c1-2-26(19-9-10-20-26)28-25(27)21-15-17-24(18-16-21)29(22-11-5-3-6-12-22)23-13-7-4-8-14-23;1-2-20(5-3-4-6-20)30-17(25)19-10-14-7-15(11-19)9-18(8-14,12-19)16(24)29-13-21(22,23)31(26,27)28/h3-8,11-18H,2,9-10,19-20H2,1H3;14-15H,2-13H2,1H3,(H,26,27,28)/q+1;/p-1. The summed E-state index contributed by atoms with van der Waals surface area (Å²) in [6.45, 7) is 2.32. The van der Waals surface area contributed by atoms with Crippen LogP contribution in [-0.4, -0.2) is 53.9 Å². The Labute approximate surface area is 355 Å². The Kier molecular flexibility index (Phi) is 12.9. The number of alkyl halides is 2. The average Bonchev–Trinajstić information content (AvgIpc) is 3.91. The van der Waals surface area contributed by atoms with Crippen molar-refractivity contribution in [2.45, 2.75) is 148 Å². The van der Waals surface area contributed by atoms with E-state index < -0.39 is 44.4 Å². The predicted octanol–water partition coefficient (Wildman–Crippen LogP) is 10.2. The van der Waals surface area contributed by atoms with E-state index >= 15 is 0 Å². The highest BCUT2D eigenvalue weighted by Gasteiger charge is 2.65. The van der Waals surface area contributed by atoms with Gasteiger partial charge in [-0.1, -0.05) is 50.2 Å². The van der Waals surface area contributed by atoms with Crippen molar-refractivity contribution in [2.24, 2.45) is 22.7 Å². The molecule has 0 aliphatic heterocycles. The lowest BCUT2D eigenvalue weighted by atomic mass is 9.44. The van der Waals surface area contributed by atoms with E-state index in [4.69, 9.17) is 14.2 Å². The lowest BCUT2D eigenvalue weighted by molar-refractivity contribution is -0.204. The molecule has 0 spiro atoms. The third-order valence-electron chi connectivity index (χ3n) is 13.9. The SMILES string of the molecule is CCC1(OC(=O)C23CC4CC(CC(C(=O)OCC(F)(F)S(=O)(=O)[O-])(C4)C2)C3)CCCC1.CCC1(OC(=O)c2ccc([S+](c3ccccc3)c3ccccc3)cc2)CCCC1. The maximum atomic E-state index is 13.5. The highest BCUT2D eigenvalue weighted by molar-refractivity contribution is 7.97. The third kappa shape index (κ3) is 9.19. The quantitative estimate of drug-likeness (QED) is 0.0712. The summed E-state index contributed by atoms with van der Waals surface area (Å²) < 4.78 is 76.0. The van der Waals surface area contributed by atoms with Crippen LogP contribution in [0.4, 0.5) is 8.78 Å². The molecule has 6 aliphatic carbocycles. The Morgan fingerprint density at radius 3 is 1.57 bits per heavy atom. The molecule has 0 amide bonds. The summed E-state index contributed by atoms with van der Waals surface area (Å²) in [7, 11) is -6.14. The summed E-state index contributed by atoms with van der Waals surface area (Å²) in [6.07, 6.45) is 12.7. The van der Waals surface area contributed by atoms with Crippen LogP contribution in [0, 0.1) is 22.7 Å². The van der Waals surface area contributed by atoms with E-state index in [0.29, 0.717) is 31.2 Å². The van der Waals surface area contributed by atoms with Crippen molar-refractivity contribution in [1.82, 2.24) is 0 Å². The van der Waals surface area contributed by atoms with Crippen LogP contribution in [0.5, 0.6) is 0 Å². The monoisotopic (exact) mass is 866 g/mol. The molecule has 0 radical (unpaired) electrons. The van der Waals surface area contributed by atoms with Gasteiger partial charge in [0.2, 0.25) is 0 Å². The molecule has 9 nitrogen and oxygen atoms in total. The van der Waals surface area contributed by atoms with Gasteiger partial charge in [-0.2, -0.15) is 8.78 Å². The van der Waals surface area contributed by atoms with Crippen molar-refractivity contribution in [3.63, 3.8) is 0 Å². The molecule has 0 saturated heterocycles. The van der Waals surface area contributed by atoms with E-state index in [1.54, 1.807) is 0 Å². The number of rotatable bonds is 13. The molecule has 6 fully saturated rings. The van der Waals surface area contributed by atoms with Crippen LogP contribution in [0.3, 0.4) is 0 Å². The summed E-state index contributed by atoms with van der Waals surface area (Å²) in [5.41, 5.74) is -2.02. The smallest absolute Gasteiger partial charge is 0.367 e. The molecule has 3 aromatic rings. The molecule has 60 heavy (non-hydrogen) atoms. The summed E-state index contributed by atoms with van der Waals surface area (Å²) >= 11 is 0. The van der Waals surface area contributed by atoms with Crippen LogP contribution in [0.15, 0.2) is 99.6 Å². The molecule has 2 atom stereocenters. The Hall–Kier alpha value is -3.81. The zero-order chi connectivity index (χ0) is 42.8. The topological polar surface area (TPSA) is 136 Å². The summed E-state index contributed by atoms with van der Waals surface area (Å²) in [5, 5.41) is -4.68. The Balaban J connectivity index is 0.000000182. The van der Waals surface area contributed by atoms with Gasteiger partial charge in [-0.05, 0) is 163 Å². The molecule has 13 heteroatoms. The maximum absolute atomic E-state index is 13.5. The van der Waals surface area contributed by atoms with Gasteiger partial charge in [-0.25, -0.2) is 13.2 Å². The van der Waals surface area contributed by atoms with Gasteiger partial charge < -0.3 is 18.8 Å². The van der Waals surface area contributed by atoms with Crippen LogP contribution in [0.25, 0.3) is 0 Å². The van der Waals surface area contributed by atoms with Gasteiger partial charge in [0.25, 0.3) is 0 Å².